The summed E-state index contributed by atoms with van der Waals surface area (Å²) in [7, 11) is -8.34. The van der Waals surface area contributed by atoms with Gasteiger partial charge in [0, 0.05) is 27.5 Å². The summed E-state index contributed by atoms with van der Waals surface area (Å²) in [5.74, 6) is -0.306. The minimum absolute atomic E-state index is 0.0387. The summed E-state index contributed by atoms with van der Waals surface area (Å²) in [4.78, 5) is 13.1. The maximum Gasteiger partial charge on any atom is 0.350 e. The molecule has 0 fully saturated rings. The van der Waals surface area contributed by atoms with Crippen LogP contribution in [0.4, 0.5) is 5.69 Å². The molecule has 4 rings (SSSR count). The van der Waals surface area contributed by atoms with Crippen LogP contribution in [0.2, 0.25) is 10.0 Å². The lowest BCUT2D eigenvalue weighted by Gasteiger charge is -2.29. The molecule has 0 bridgehead atoms. The number of carbonyl (C=O) groups is 1. The lowest BCUT2D eigenvalue weighted by atomic mass is 10.0. The van der Waals surface area contributed by atoms with Crippen molar-refractivity contribution in [1.82, 2.24) is 5.32 Å². The number of anilines is 1. The number of benzene rings is 4. The normalized spacial score (nSPS) is 11.9. The Morgan fingerprint density at radius 3 is 2.12 bits per heavy atom. The number of amides is 1. The minimum Gasteiger partial charge on any atom is -0.352 e. The second kappa shape index (κ2) is 14.0. The number of nitrogens with zero attached hydrogens (tertiary/aromatic N) is 1. The third kappa shape index (κ3) is 7.53. The Kier molecular flexibility index (Phi) is 10.7. The smallest absolute Gasteiger partial charge is 0.350 e. The molecule has 4 aromatic carbocycles. The molecule has 0 aliphatic carbocycles. The molecule has 0 spiro atoms. The molecule has 0 aliphatic heterocycles. The standard InChI is InChI=1S/C30H31Cl2N2O6PS/c1-3-39-41(36,40-4-2)21-34(42(37,38)25-19-23(31)18-24(32)20-25)29-15-9-12-26-27(29)13-8-14-28(26)30(35)33-17-16-22-10-6-5-7-11-22/h5-15,18-20H,3-4,16-17,21H2,1-2H3,(H,33,35). The molecule has 0 unspecified atom stereocenters. The molecular formula is C30H31Cl2N2O6PS. The number of hydrogen-bond acceptors (Lipinski definition) is 6. The number of hydrogen-bond donors (Lipinski definition) is 1. The lowest BCUT2D eigenvalue weighted by molar-refractivity contribution is 0.0955. The second-order valence-corrected chi connectivity index (χ2v) is 14.0. The molecule has 1 N–H and O–H groups in total. The van der Waals surface area contributed by atoms with Gasteiger partial charge >= 0.3 is 7.60 Å². The van der Waals surface area contributed by atoms with E-state index in [2.05, 4.69) is 5.32 Å². The van der Waals surface area contributed by atoms with Gasteiger partial charge in [0.05, 0.1) is 23.8 Å². The van der Waals surface area contributed by atoms with Crippen molar-refractivity contribution in [3.05, 3.63) is 106 Å². The molecule has 0 saturated carbocycles. The van der Waals surface area contributed by atoms with Gasteiger partial charge < -0.3 is 14.4 Å². The number of nitrogens with one attached hydrogen (secondary N) is 1. The molecule has 0 atom stereocenters. The third-order valence-electron chi connectivity index (χ3n) is 6.33. The van der Waals surface area contributed by atoms with Crippen molar-refractivity contribution in [3.8, 4) is 0 Å². The molecule has 0 saturated heterocycles. The first-order valence-corrected chi connectivity index (χ1v) is 17.2. The number of sulfonamides is 1. The maximum atomic E-state index is 14.2. The van der Waals surface area contributed by atoms with E-state index in [-0.39, 0.29) is 39.7 Å². The number of carbonyl (C=O) groups excluding carboxylic acids is 1. The van der Waals surface area contributed by atoms with Gasteiger partial charge in [0.2, 0.25) is 0 Å². The van der Waals surface area contributed by atoms with E-state index in [0.29, 0.717) is 29.3 Å². The quantitative estimate of drug-likeness (QED) is 0.150. The molecule has 4 aromatic rings. The Balaban J connectivity index is 1.79. The molecule has 42 heavy (non-hydrogen) atoms. The Hall–Kier alpha value is -2.91. The highest BCUT2D eigenvalue weighted by atomic mass is 35.5. The fourth-order valence-electron chi connectivity index (χ4n) is 4.53. The Morgan fingerprint density at radius 2 is 1.48 bits per heavy atom. The van der Waals surface area contributed by atoms with Gasteiger partial charge in [0.1, 0.15) is 6.29 Å². The van der Waals surface area contributed by atoms with Crippen LogP contribution in [-0.2, 0) is 30.1 Å². The van der Waals surface area contributed by atoms with Crippen LogP contribution in [-0.4, -0.2) is 40.4 Å². The van der Waals surface area contributed by atoms with E-state index in [4.69, 9.17) is 32.2 Å². The molecule has 8 nitrogen and oxygen atoms in total. The van der Waals surface area contributed by atoms with Crippen LogP contribution in [0, 0.1) is 0 Å². The largest absolute Gasteiger partial charge is 0.352 e. The van der Waals surface area contributed by atoms with Crippen molar-refractivity contribution in [2.24, 2.45) is 0 Å². The van der Waals surface area contributed by atoms with Gasteiger partial charge in [-0.05, 0) is 61.5 Å². The lowest BCUT2D eigenvalue weighted by Crippen LogP contribution is -2.33. The van der Waals surface area contributed by atoms with E-state index in [1.807, 2.05) is 30.3 Å². The fourth-order valence-corrected chi connectivity index (χ4v) is 8.93. The van der Waals surface area contributed by atoms with Gasteiger partial charge in [-0.3, -0.25) is 13.7 Å². The van der Waals surface area contributed by atoms with E-state index in [0.717, 1.165) is 9.87 Å². The van der Waals surface area contributed by atoms with Gasteiger partial charge in [-0.15, -0.1) is 0 Å². The van der Waals surface area contributed by atoms with Crippen LogP contribution in [0.3, 0.4) is 0 Å². The van der Waals surface area contributed by atoms with E-state index in [9.17, 15) is 17.8 Å². The first-order valence-electron chi connectivity index (χ1n) is 13.3. The zero-order chi connectivity index (χ0) is 30.3. The molecule has 0 aromatic heterocycles. The zero-order valence-corrected chi connectivity index (χ0v) is 26.3. The summed E-state index contributed by atoms with van der Waals surface area (Å²) >= 11 is 12.3. The summed E-state index contributed by atoms with van der Waals surface area (Å²) < 4.78 is 53.9. The van der Waals surface area contributed by atoms with Crippen LogP contribution < -0.4 is 9.62 Å². The number of rotatable bonds is 13. The third-order valence-corrected chi connectivity index (χ3v) is 10.6. The molecular weight excluding hydrogens is 618 g/mol. The molecule has 222 valence electrons. The van der Waals surface area contributed by atoms with Gasteiger partial charge in [-0.25, -0.2) is 8.42 Å². The summed E-state index contributed by atoms with van der Waals surface area (Å²) in [6.45, 7) is 3.78. The van der Waals surface area contributed by atoms with Crippen molar-refractivity contribution in [3.63, 3.8) is 0 Å². The average Bonchev–Trinajstić information content (AvgIpc) is 2.95. The van der Waals surface area contributed by atoms with Gasteiger partial charge in [-0.2, -0.15) is 0 Å². The molecule has 0 aliphatic rings. The van der Waals surface area contributed by atoms with Crippen LogP contribution >= 0.6 is 30.8 Å². The predicted octanol–water partition coefficient (Wildman–Crippen LogP) is 7.54. The Morgan fingerprint density at radius 1 is 0.857 bits per heavy atom. The van der Waals surface area contributed by atoms with E-state index >= 15 is 0 Å². The molecule has 0 radical (unpaired) electrons. The number of fused-ring (bicyclic) bond motifs is 1. The fraction of sp³-hybridized carbons (Fsp3) is 0.233. The van der Waals surface area contributed by atoms with E-state index in [1.54, 1.807) is 50.2 Å². The van der Waals surface area contributed by atoms with Crippen molar-refractivity contribution in [2.75, 3.05) is 30.3 Å². The summed E-state index contributed by atoms with van der Waals surface area (Å²) in [6, 6.07) is 23.7. The minimum atomic E-state index is -4.41. The highest BCUT2D eigenvalue weighted by molar-refractivity contribution is 7.93. The highest BCUT2D eigenvalue weighted by Gasteiger charge is 2.36. The van der Waals surface area contributed by atoms with Crippen molar-refractivity contribution in [1.29, 1.82) is 0 Å². The maximum absolute atomic E-state index is 14.2. The molecule has 1 amide bonds. The first kappa shape index (κ1) is 32.0. The second-order valence-electron chi connectivity index (χ2n) is 9.22. The number of halogens is 2. The first-order chi connectivity index (χ1) is 20.1. The molecule has 0 heterocycles. The summed E-state index contributed by atoms with van der Waals surface area (Å²) in [5.41, 5.74) is 1.64. The van der Waals surface area contributed by atoms with Crippen molar-refractivity contribution < 1.29 is 26.8 Å². The summed E-state index contributed by atoms with van der Waals surface area (Å²) in [6.07, 6.45) is 0.0364. The van der Waals surface area contributed by atoms with Crippen molar-refractivity contribution in [2.45, 2.75) is 25.2 Å². The molecule has 12 heteroatoms. The Labute approximate surface area is 256 Å². The average molecular weight is 650 g/mol. The van der Waals surface area contributed by atoms with Crippen molar-refractivity contribution >= 4 is 63.2 Å². The van der Waals surface area contributed by atoms with Crippen LogP contribution in [0.1, 0.15) is 29.8 Å². The predicted molar refractivity (Wildman–Crippen MR) is 168 cm³/mol. The zero-order valence-electron chi connectivity index (χ0n) is 23.1. The SMILES string of the molecule is CCOP(=O)(CN(c1cccc2c(C(=O)NCCc3ccccc3)cccc12)S(=O)(=O)c1cc(Cl)cc(Cl)c1)OCC. The van der Waals surface area contributed by atoms with Gasteiger partial charge in [-0.1, -0.05) is 77.8 Å². The van der Waals surface area contributed by atoms with Gasteiger partial charge in [0.15, 0.2) is 0 Å². The van der Waals surface area contributed by atoms with Crippen LogP contribution in [0.15, 0.2) is 89.8 Å². The topological polar surface area (TPSA) is 102 Å². The van der Waals surface area contributed by atoms with E-state index < -0.39 is 23.9 Å². The highest BCUT2D eigenvalue weighted by Crippen LogP contribution is 2.51. The monoisotopic (exact) mass is 648 g/mol. The van der Waals surface area contributed by atoms with Crippen LogP contribution in [0.25, 0.3) is 10.8 Å². The Bertz CT molecular complexity index is 1690. The van der Waals surface area contributed by atoms with E-state index in [1.165, 1.54) is 18.2 Å². The summed E-state index contributed by atoms with van der Waals surface area (Å²) in [5, 5.41) is 4.14. The van der Waals surface area contributed by atoms with Gasteiger partial charge in [0.25, 0.3) is 15.9 Å². The van der Waals surface area contributed by atoms with Crippen LogP contribution in [0.5, 0.6) is 0 Å².